The standard InChI is InChI=1S/C6H11BN/c1-3-4-7-5-6-8-2/h3-6,8H,1-2H3/b4-3-,6-5-. The van der Waals surface area contributed by atoms with Crippen molar-refractivity contribution in [3.63, 3.8) is 0 Å². The normalized spacial score (nSPS) is 10.8. The van der Waals surface area contributed by atoms with E-state index in [-0.39, 0.29) is 0 Å². The molecule has 0 aliphatic heterocycles. The highest BCUT2D eigenvalue weighted by atomic mass is 14.8. The van der Waals surface area contributed by atoms with Crippen molar-refractivity contribution in [3.8, 4) is 0 Å². The van der Waals surface area contributed by atoms with Gasteiger partial charge in [-0.05, 0) is 13.1 Å². The van der Waals surface area contributed by atoms with Crippen LogP contribution in [0.4, 0.5) is 0 Å². The molecular weight excluding hydrogens is 96.9 g/mol. The van der Waals surface area contributed by atoms with Crippen molar-refractivity contribution in [1.29, 1.82) is 0 Å². The van der Waals surface area contributed by atoms with Crippen LogP contribution in [0.5, 0.6) is 0 Å². The average molecular weight is 108 g/mol. The molecule has 0 aliphatic carbocycles. The van der Waals surface area contributed by atoms with Gasteiger partial charge >= 0.3 is 0 Å². The van der Waals surface area contributed by atoms with Crippen LogP contribution in [0, 0.1) is 0 Å². The van der Waals surface area contributed by atoms with Crippen LogP contribution in [-0.2, 0) is 0 Å². The van der Waals surface area contributed by atoms with Gasteiger partial charge in [0.05, 0.1) is 0 Å². The Morgan fingerprint density at radius 3 is 2.62 bits per heavy atom. The highest BCUT2D eigenvalue weighted by Gasteiger charge is 1.68. The van der Waals surface area contributed by atoms with E-state index in [1.54, 1.807) is 0 Å². The van der Waals surface area contributed by atoms with Gasteiger partial charge in [0.25, 0.3) is 0 Å². The third kappa shape index (κ3) is 5.34. The Morgan fingerprint density at radius 1 is 1.38 bits per heavy atom. The first-order valence-electron chi connectivity index (χ1n) is 2.70. The Hall–Kier alpha value is -0.655. The second kappa shape index (κ2) is 6.34. The summed E-state index contributed by atoms with van der Waals surface area (Å²) in [5.41, 5.74) is 0. The SMILES string of the molecule is C/C=C\[B]/C=C\NC. The number of hydrogen-bond acceptors (Lipinski definition) is 1. The zero-order chi connectivity index (χ0) is 6.24. The lowest BCUT2D eigenvalue weighted by Crippen LogP contribution is -1.92. The fourth-order valence-corrected chi connectivity index (χ4v) is 0.327. The summed E-state index contributed by atoms with van der Waals surface area (Å²) in [5.74, 6) is 3.92. The van der Waals surface area contributed by atoms with Gasteiger partial charge in [0.1, 0.15) is 0 Å². The second-order valence-corrected chi connectivity index (χ2v) is 1.37. The van der Waals surface area contributed by atoms with Gasteiger partial charge in [-0.25, -0.2) is 0 Å². The molecule has 2 heteroatoms. The molecule has 1 nitrogen and oxygen atoms in total. The molecule has 0 saturated heterocycles. The van der Waals surface area contributed by atoms with Gasteiger partial charge < -0.3 is 5.32 Å². The fraction of sp³-hybridized carbons (Fsp3) is 0.333. The maximum absolute atomic E-state index is 2.88. The fourth-order valence-electron chi connectivity index (χ4n) is 0.327. The summed E-state index contributed by atoms with van der Waals surface area (Å²) >= 11 is 0. The van der Waals surface area contributed by atoms with Gasteiger partial charge in [-0.2, -0.15) is 0 Å². The summed E-state index contributed by atoms with van der Waals surface area (Å²) in [5, 5.41) is 2.88. The highest BCUT2D eigenvalue weighted by molar-refractivity contribution is 6.48. The van der Waals surface area contributed by atoms with Gasteiger partial charge in [0.15, 0.2) is 7.28 Å². The lowest BCUT2D eigenvalue weighted by Gasteiger charge is -1.80. The number of nitrogens with one attached hydrogen (secondary N) is 1. The molecule has 0 unspecified atom stereocenters. The van der Waals surface area contributed by atoms with Crippen molar-refractivity contribution < 1.29 is 0 Å². The van der Waals surface area contributed by atoms with E-state index in [0.29, 0.717) is 0 Å². The van der Waals surface area contributed by atoms with Gasteiger partial charge in [-0.1, -0.05) is 0 Å². The van der Waals surface area contributed by atoms with Crippen molar-refractivity contribution in [2.45, 2.75) is 6.92 Å². The molecule has 0 heterocycles. The average Bonchev–Trinajstić information content (AvgIpc) is 1.81. The van der Waals surface area contributed by atoms with Gasteiger partial charge in [-0.15, -0.1) is 18.0 Å². The molecule has 0 spiro atoms. The van der Waals surface area contributed by atoms with Crippen LogP contribution in [-0.4, -0.2) is 14.3 Å². The van der Waals surface area contributed by atoms with E-state index < -0.39 is 0 Å². The second-order valence-electron chi connectivity index (χ2n) is 1.37. The Labute approximate surface area is 51.7 Å². The third-order valence-corrected chi connectivity index (χ3v) is 0.678. The monoisotopic (exact) mass is 108 g/mol. The van der Waals surface area contributed by atoms with E-state index in [2.05, 4.69) is 5.32 Å². The van der Waals surface area contributed by atoms with Crippen molar-refractivity contribution in [2.75, 3.05) is 7.05 Å². The van der Waals surface area contributed by atoms with Crippen LogP contribution in [0.25, 0.3) is 0 Å². The molecule has 43 valence electrons. The third-order valence-electron chi connectivity index (χ3n) is 0.678. The quantitative estimate of drug-likeness (QED) is 0.530. The molecule has 1 N–H and O–H groups in total. The molecular formula is C6H11BN. The van der Waals surface area contributed by atoms with Gasteiger partial charge in [0.2, 0.25) is 0 Å². The molecule has 0 bridgehead atoms. The van der Waals surface area contributed by atoms with Crippen molar-refractivity contribution in [2.24, 2.45) is 0 Å². The van der Waals surface area contributed by atoms with Crippen LogP contribution in [0.1, 0.15) is 6.92 Å². The van der Waals surface area contributed by atoms with E-state index >= 15 is 0 Å². The first-order valence-corrected chi connectivity index (χ1v) is 2.70. The molecule has 0 saturated carbocycles. The molecule has 8 heavy (non-hydrogen) atoms. The van der Waals surface area contributed by atoms with Crippen LogP contribution in [0.3, 0.4) is 0 Å². The van der Waals surface area contributed by atoms with E-state index in [1.165, 1.54) is 0 Å². The van der Waals surface area contributed by atoms with E-state index in [4.69, 9.17) is 0 Å². The molecule has 0 aromatic heterocycles. The first-order chi connectivity index (χ1) is 3.91. The first kappa shape index (κ1) is 7.34. The summed E-state index contributed by atoms with van der Waals surface area (Å²) in [6, 6.07) is 0. The van der Waals surface area contributed by atoms with E-state index in [9.17, 15) is 0 Å². The minimum absolute atomic E-state index is 1.88. The Morgan fingerprint density at radius 2 is 2.12 bits per heavy atom. The van der Waals surface area contributed by atoms with Crippen LogP contribution < -0.4 is 5.32 Å². The lowest BCUT2D eigenvalue weighted by molar-refractivity contribution is 1.11. The van der Waals surface area contributed by atoms with Crippen LogP contribution >= 0.6 is 0 Å². The van der Waals surface area contributed by atoms with Crippen molar-refractivity contribution in [1.82, 2.24) is 5.32 Å². The predicted molar refractivity (Wildman–Crippen MR) is 38.8 cm³/mol. The zero-order valence-electron chi connectivity index (χ0n) is 5.39. The number of hydrogen-bond donors (Lipinski definition) is 1. The van der Waals surface area contributed by atoms with Gasteiger partial charge in [0, 0.05) is 7.05 Å². The topological polar surface area (TPSA) is 12.0 Å². The van der Waals surface area contributed by atoms with Gasteiger partial charge in [-0.3, -0.25) is 0 Å². The van der Waals surface area contributed by atoms with E-state index in [1.807, 2.05) is 45.5 Å². The predicted octanol–water partition coefficient (Wildman–Crippen LogP) is 0.915. The van der Waals surface area contributed by atoms with Crippen LogP contribution in [0.2, 0.25) is 0 Å². The zero-order valence-corrected chi connectivity index (χ0v) is 5.39. The molecule has 0 amide bonds. The van der Waals surface area contributed by atoms with Crippen molar-refractivity contribution >= 4 is 7.28 Å². The summed E-state index contributed by atoms with van der Waals surface area (Å²) in [6.45, 7) is 1.99. The molecule has 1 radical (unpaired) electrons. The lowest BCUT2D eigenvalue weighted by atomic mass is 9.79. The number of rotatable bonds is 3. The summed E-state index contributed by atoms with van der Waals surface area (Å²) in [7, 11) is 3.84. The Kier molecular flexibility index (Phi) is 5.83. The minimum atomic E-state index is 1.88. The maximum Gasteiger partial charge on any atom is 0.172 e. The minimum Gasteiger partial charge on any atom is -0.395 e. The molecule has 0 rings (SSSR count). The molecule has 0 aromatic rings. The smallest absolute Gasteiger partial charge is 0.172 e. The summed E-state index contributed by atoms with van der Waals surface area (Å²) in [4.78, 5) is 0. The molecule has 0 atom stereocenters. The van der Waals surface area contributed by atoms with Crippen molar-refractivity contribution in [3.05, 3.63) is 24.2 Å². The molecule has 0 fully saturated rings. The highest BCUT2D eigenvalue weighted by Crippen LogP contribution is 1.68. The summed E-state index contributed by atoms with van der Waals surface area (Å²) in [6.07, 6.45) is 3.86. The Bertz CT molecular complexity index is 86.5. The number of allylic oxidation sites excluding steroid dienone is 1. The Balaban J connectivity index is 3.03. The summed E-state index contributed by atoms with van der Waals surface area (Å²) < 4.78 is 0. The molecule has 0 aliphatic rings. The largest absolute Gasteiger partial charge is 0.395 e. The van der Waals surface area contributed by atoms with Crippen LogP contribution in [0.15, 0.2) is 24.2 Å². The van der Waals surface area contributed by atoms with E-state index in [0.717, 1.165) is 0 Å². The molecule has 0 aromatic carbocycles. The maximum atomic E-state index is 2.88.